The monoisotopic (exact) mass is 292 g/mol. The van der Waals surface area contributed by atoms with Crippen LogP contribution < -0.4 is 0 Å². The van der Waals surface area contributed by atoms with E-state index in [4.69, 9.17) is 12.2 Å². The Bertz CT molecular complexity index is 782. The van der Waals surface area contributed by atoms with Crippen LogP contribution in [0.5, 0.6) is 0 Å². The van der Waals surface area contributed by atoms with Crippen molar-refractivity contribution in [2.45, 2.75) is 19.9 Å². The van der Waals surface area contributed by atoms with E-state index in [0.29, 0.717) is 4.77 Å². The molecule has 0 bridgehead atoms. The van der Waals surface area contributed by atoms with Crippen LogP contribution in [0.4, 0.5) is 4.39 Å². The molecule has 0 atom stereocenters. The summed E-state index contributed by atoms with van der Waals surface area (Å²) in [5, 5.41) is 2.10. The molecule has 3 aromatic rings. The summed E-state index contributed by atoms with van der Waals surface area (Å²) in [7, 11) is 0. The number of aromatic amines is 1. The lowest BCUT2D eigenvalue weighted by atomic mass is 10.2. The Balaban J connectivity index is 2.10. The minimum atomic E-state index is -0.249. The molecule has 2 aromatic heterocycles. The van der Waals surface area contributed by atoms with Crippen molar-refractivity contribution in [2.75, 3.05) is 0 Å². The molecule has 0 aliphatic heterocycles. The fourth-order valence-corrected chi connectivity index (χ4v) is 3.49. The van der Waals surface area contributed by atoms with Gasteiger partial charge in [-0.05, 0) is 53.8 Å². The number of hydrogen-bond donors (Lipinski definition) is 1. The van der Waals surface area contributed by atoms with Crippen molar-refractivity contribution in [3.8, 4) is 0 Å². The summed E-state index contributed by atoms with van der Waals surface area (Å²) in [6, 6.07) is 6.88. The Labute approximate surface area is 119 Å². The predicted molar refractivity (Wildman–Crippen MR) is 79.9 cm³/mol. The maximum absolute atomic E-state index is 13.2. The molecule has 0 fully saturated rings. The molecular weight excluding hydrogens is 279 g/mol. The van der Waals surface area contributed by atoms with Crippen LogP contribution in [0.1, 0.15) is 17.4 Å². The normalized spacial score (nSPS) is 11.3. The minimum absolute atomic E-state index is 0.249. The molecule has 0 saturated heterocycles. The maximum Gasteiger partial charge on any atom is 0.178 e. The summed E-state index contributed by atoms with van der Waals surface area (Å²) in [6.07, 6.45) is 1.02. The molecule has 0 amide bonds. The standard InChI is InChI=1S/C14H13FN2S2/c1-2-9-5-6-19-13(9)8-17-12-4-3-10(15)7-11(12)16-14(17)18/h3-7H,2,8H2,1H3,(H,16,18). The van der Waals surface area contributed by atoms with Crippen molar-refractivity contribution in [3.05, 3.63) is 50.7 Å². The van der Waals surface area contributed by atoms with Crippen LogP contribution in [0.15, 0.2) is 29.6 Å². The number of rotatable bonds is 3. The summed E-state index contributed by atoms with van der Waals surface area (Å²) in [5.74, 6) is -0.249. The lowest BCUT2D eigenvalue weighted by Crippen LogP contribution is -2.00. The first kappa shape index (κ1) is 12.6. The van der Waals surface area contributed by atoms with E-state index in [-0.39, 0.29) is 5.82 Å². The third-order valence-corrected chi connectivity index (χ3v) is 4.53. The third-order valence-electron chi connectivity index (χ3n) is 3.26. The van der Waals surface area contributed by atoms with E-state index >= 15 is 0 Å². The van der Waals surface area contributed by atoms with Gasteiger partial charge in [-0.15, -0.1) is 11.3 Å². The number of aromatic nitrogens is 2. The van der Waals surface area contributed by atoms with E-state index in [1.54, 1.807) is 17.4 Å². The van der Waals surface area contributed by atoms with E-state index in [0.717, 1.165) is 24.0 Å². The lowest BCUT2D eigenvalue weighted by molar-refractivity contribution is 0.629. The molecule has 1 N–H and O–H groups in total. The van der Waals surface area contributed by atoms with E-state index < -0.39 is 0 Å². The van der Waals surface area contributed by atoms with Gasteiger partial charge in [-0.2, -0.15) is 0 Å². The number of hydrogen-bond acceptors (Lipinski definition) is 2. The number of aryl methyl sites for hydroxylation is 1. The van der Waals surface area contributed by atoms with E-state index in [1.165, 1.54) is 22.6 Å². The van der Waals surface area contributed by atoms with Gasteiger partial charge in [0.25, 0.3) is 0 Å². The summed E-state index contributed by atoms with van der Waals surface area (Å²) in [6.45, 7) is 2.89. The number of halogens is 1. The van der Waals surface area contributed by atoms with E-state index in [2.05, 4.69) is 23.4 Å². The van der Waals surface area contributed by atoms with E-state index in [1.807, 2.05) is 4.57 Å². The van der Waals surface area contributed by atoms with Gasteiger partial charge in [0.15, 0.2) is 4.77 Å². The van der Waals surface area contributed by atoms with E-state index in [9.17, 15) is 4.39 Å². The van der Waals surface area contributed by atoms with Gasteiger partial charge >= 0.3 is 0 Å². The SMILES string of the molecule is CCc1ccsc1Cn1c(=S)[nH]c2cc(F)ccc21. The molecule has 5 heteroatoms. The van der Waals surface area contributed by atoms with Gasteiger partial charge in [-0.1, -0.05) is 6.92 Å². The molecule has 19 heavy (non-hydrogen) atoms. The summed E-state index contributed by atoms with van der Waals surface area (Å²) >= 11 is 7.08. The van der Waals surface area contributed by atoms with Crippen molar-refractivity contribution in [1.29, 1.82) is 0 Å². The van der Waals surface area contributed by atoms with Gasteiger partial charge in [0, 0.05) is 4.88 Å². The molecule has 0 spiro atoms. The summed E-state index contributed by atoms with van der Waals surface area (Å²) < 4.78 is 15.9. The lowest BCUT2D eigenvalue weighted by Gasteiger charge is -2.05. The largest absolute Gasteiger partial charge is 0.330 e. The molecule has 0 aliphatic rings. The minimum Gasteiger partial charge on any atom is -0.330 e. The van der Waals surface area contributed by atoms with Crippen LogP contribution in [-0.2, 0) is 13.0 Å². The topological polar surface area (TPSA) is 20.7 Å². The van der Waals surface area contributed by atoms with Crippen molar-refractivity contribution in [2.24, 2.45) is 0 Å². The molecular formula is C14H13FN2S2. The van der Waals surface area contributed by atoms with Crippen molar-refractivity contribution in [3.63, 3.8) is 0 Å². The smallest absolute Gasteiger partial charge is 0.178 e. The molecule has 0 unspecified atom stereocenters. The Morgan fingerprint density at radius 1 is 1.37 bits per heavy atom. The third kappa shape index (κ3) is 2.24. The zero-order chi connectivity index (χ0) is 13.4. The highest BCUT2D eigenvalue weighted by atomic mass is 32.1. The Hall–Kier alpha value is -1.46. The predicted octanol–water partition coefficient (Wildman–Crippen LogP) is 4.51. The van der Waals surface area contributed by atoms with Gasteiger partial charge in [0.1, 0.15) is 5.82 Å². The molecule has 98 valence electrons. The molecule has 2 nitrogen and oxygen atoms in total. The highest BCUT2D eigenvalue weighted by molar-refractivity contribution is 7.71. The number of thiophene rings is 1. The Morgan fingerprint density at radius 3 is 3.00 bits per heavy atom. The molecule has 3 rings (SSSR count). The first-order valence-corrected chi connectivity index (χ1v) is 7.41. The van der Waals surface area contributed by atoms with Crippen molar-refractivity contribution < 1.29 is 4.39 Å². The number of nitrogens with one attached hydrogen (secondary N) is 1. The maximum atomic E-state index is 13.2. The number of H-pyrrole nitrogens is 1. The Kier molecular flexibility index (Phi) is 3.24. The fourth-order valence-electron chi connectivity index (χ4n) is 2.26. The quantitative estimate of drug-likeness (QED) is 0.704. The number of nitrogens with zero attached hydrogens (tertiary/aromatic N) is 1. The first-order chi connectivity index (χ1) is 9.19. The molecule has 0 aliphatic carbocycles. The van der Waals surface area contributed by atoms with Crippen LogP contribution >= 0.6 is 23.6 Å². The second-order valence-electron chi connectivity index (χ2n) is 4.40. The van der Waals surface area contributed by atoms with Gasteiger partial charge in [-0.25, -0.2) is 4.39 Å². The van der Waals surface area contributed by atoms with Crippen LogP contribution in [0.2, 0.25) is 0 Å². The number of benzene rings is 1. The van der Waals surface area contributed by atoms with Crippen molar-refractivity contribution in [1.82, 2.24) is 9.55 Å². The van der Waals surface area contributed by atoms with Crippen LogP contribution in [-0.4, -0.2) is 9.55 Å². The molecule has 1 aromatic carbocycles. The molecule has 2 heterocycles. The highest BCUT2D eigenvalue weighted by Gasteiger charge is 2.09. The van der Waals surface area contributed by atoms with Gasteiger partial charge < -0.3 is 9.55 Å². The molecule has 0 radical (unpaired) electrons. The van der Waals surface area contributed by atoms with Crippen molar-refractivity contribution >= 4 is 34.6 Å². The van der Waals surface area contributed by atoms with Gasteiger partial charge in [0.05, 0.1) is 17.6 Å². The Morgan fingerprint density at radius 2 is 2.21 bits per heavy atom. The first-order valence-electron chi connectivity index (χ1n) is 6.12. The summed E-state index contributed by atoms with van der Waals surface area (Å²) in [5.41, 5.74) is 3.05. The molecule has 0 saturated carbocycles. The van der Waals surface area contributed by atoms with Crippen LogP contribution in [0.3, 0.4) is 0 Å². The van der Waals surface area contributed by atoms with Gasteiger partial charge in [0.2, 0.25) is 0 Å². The van der Waals surface area contributed by atoms with Crippen LogP contribution in [0, 0.1) is 10.6 Å². The average Bonchev–Trinajstić information content (AvgIpc) is 2.95. The van der Waals surface area contributed by atoms with Gasteiger partial charge in [-0.3, -0.25) is 0 Å². The number of imidazole rings is 1. The summed E-state index contributed by atoms with van der Waals surface area (Å²) in [4.78, 5) is 4.37. The fraction of sp³-hybridized carbons (Fsp3) is 0.214. The number of fused-ring (bicyclic) bond motifs is 1. The average molecular weight is 292 g/mol. The second kappa shape index (κ2) is 4.90. The second-order valence-corrected chi connectivity index (χ2v) is 5.79. The zero-order valence-electron chi connectivity index (χ0n) is 10.4. The highest BCUT2D eigenvalue weighted by Crippen LogP contribution is 2.22. The zero-order valence-corrected chi connectivity index (χ0v) is 12.1. The van der Waals surface area contributed by atoms with Crippen LogP contribution in [0.25, 0.3) is 11.0 Å².